The molecule has 0 spiro atoms. The molecule has 0 fully saturated rings. The maximum atomic E-state index is 12.6. The van der Waals surface area contributed by atoms with Gasteiger partial charge < -0.3 is 19.7 Å². The first kappa shape index (κ1) is 35.7. The van der Waals surface area contributed by atoms with Gasteiger partial charge in [0.1, 0.15) is 0 Å². The molecule has 12 heteroatoms. The standard InChI is InChI=1S/C40H37N6O5P/c1-45-39(31-9-5-3-6-10-31)33(25-41-45)17-23-37(47)43-35-19-13-29(14-20-35)27-50-52(49)51-28-30-15-21-36(22-16-30)44-38(48)24-18-34-26-42-46(2)40(34)32-11-7-4-8-12-32/h3-26,52H,27-28H2,1-2H3,(H,43,47)(H,44,48)/b23-17+,24-18+. The summed E-state index contributed by atoms with van der Waals surface area (Å²) < 4.78 is 26.8. The lowest BCUT2D eigenvalue weighted by atomic mass is 10.1. The Bertz CT molecular complexity index is 2050. The Hall–Kier alpha value is -6.13. The van der Waals surface area contributed by atoms with Gasteiger partial charge in [0, 0.05) is 59.9 Å². The van der Waals surface area contributed by atoms with Gasteiger partial charge in [-0.05, 0) is 47.5 Å². The van der Waals surface area contributed by atoms with E-state index in [4.69, 9.17) is 9.05 Å². The van der Waals surface area contributed by atoms with Crippen molar-refractivity contribution in [3.63, 3.8) is 0 Å². The number of aryl methyl sites for hydroxylation is 2. The molecule has 11 nitrogen and oxygen atoms in total. The Kier molecular flexibility index (Phi) is 11.8. The number of aromatic nitrogens is 4. The lowest BCUT2D eigenvalue weighted by Crippen LogP contribution is -2.07. The topological polar surface area (TPSA) is 129 Å². The average molecular weight is 713 g/mol. The highest BCUT2D eigenvalue weighted by atomic mass is 31.1. The third kappa shape index (κ3) is 9.55. The molecule has 0 saturated carbocycles. The number of nitrogens with zero attached hydrogens (tertiary/aromatic N) is 4. The molecule has 0 aliphatic rings. The highest BCUT2D eigenvalue weighted by Crippen LogP contribution is 2.29. The summed E-state index contributed by atoms with van der Waals surface area (Å²) in [5.41, 5.74) is 8.28. The Morgan fingerprint density at radius 2 is 1.00 bits per heavy atom. The highest BCUT2D eigenvalue weighted by molar-refractivity contribution is 7.33. The van der Waals surface area contributed by atoms with Gasteiger partial charge in [0.2, 0.25) is 11.8 Å². The van der Waals surface area contributed by atoms with E-state index >= 15 is 0 Å². The first-order valence-electron chi connectivity index (χ1n) is 16.4. The van der Waals surface area contributed by atoms with Crippen LogP contribution >= 0.6 is 8.25 Å². The fourth-order valence-corrected chi connectivity index (χ4v) is 6.10. The van der Waals surface area contributed by atoms with Crippen LogP contribution in [0, 0.1) is 0 Å². The molecule has 0 saturated heterocycles. The lowest BCUT2D eigenvalue weighted by Gasteiger charge is -2.08. The van der Waals surface area contributed by atoms with Crippen molar-refractivity contribution in [1.82, 2.24) is 19.6 Å². The van der Waals surface area contributed by atoms with Crippen LogP contribution in [0.15, 0.2) is 134 Å². The normalized spacial score (nSPS) is 11.4. The molecule has 0 aliphatic heterocycles. The largest absolute Gasteiger partial charge is 0.323 e. The van der Waals surface area contributed by atoms with Gasteiger partial charge in [-0.15, -0.1) is 0 Å². The smallest absolute Gasteiger partial charge is 0.319 e. The minimum atomic E-state index is -2.77. The molecule has 2 aromatic heterocycles. The Morgan fingerprint density at radius 3 is 1.38 bits per heavy atom. The third-order valence-electron chi connectivity index (χ3n) is 8.01. The van der Waals surface area contributed by atoms with Crippen LogP contribution in [0.25, 0.3) is 34.7 Å². The van der Waals surface area contributed by atoms with Gasteiger partial charge in [-0.1, -0.05) is 84.9 Å². The summed E-state index contributed by atoms with van der Waals surface area (Å²) in [6.45, 7) is 0.166. The molecule has 0 bridgehead atoms. The van der Waals surface area contributed by atoms with Crippen LogP contribution in [0.4, 0.5) is 11.4 Å². The molecule has 0 unspecified atom stereocenters. The second-order valence-electron chi connectivity index (χ2n) is 11.7. The van der Waals surface area contributed by atoms with E-state index in [1.54, 1.807) is 82.4 Å². The number of anilines is 2. The van der Waals surface area contributed by atoms with E-state index in [0.717, 1.165) is 44.8 Å². The van der Waals surface area contributed by atoms with Gasteiger partial charge in [0.05, 0.1) is 37.0 Å². The van der Waals surface area contributed by atoms with Crippen molar-refractivity contribution in [2.24, 2.45) is 14.1 Å². The number of nitrogens with one attached hydrogen (secondary N) is 2. The predicted molar refractivity (Wildman–Crippen MR) is 204 cm³/mol. The Balaban J connectivity index is 0.919. The second kappa shape index (κ2) is 17.2. The van der Waals surface area contributed by atoms with E-state index < -0.39 is 8.25 Å². The monoisotopic (exact) mass is 712 g/mol. The van der Waals surface area contributed by atoms with Crippen LogP contribution in [0.3, 0.4) is 0 Å². The zero-order valence-corrected chi connectivity index (χ0v) is 29.6. The fourth-order valence-electron chi connectivity index (χ4n) is 5.45. The maximum Gasteiger partial charge on any atom is 0.319 e. The second-order valence-corrected chi connectivity index (χ2v) is 12.8. The third-order valence-corrected chi connectivity index (χ3v) is 8.77. The average Bonchev–Trinajstić information content (AvgIpc) is 3.74. The summed E-state index contributed by atoms with van der Waals surface area (Å²) in [6, 6.07) is 33.9. The molecule has 2 amide bonds. The summed E-state index contributed by atoms with van der Waals surface area (Å²) >= 11 is 0. The SMILES string of the molecule is Cn1ncc(/C=C/C(=O)Nc2ccc(CO[PH](=O)OCc3ccc(NC(=O)/C=C/c4cnn(C)c4-c4ccccc4)cc3)cc2)c1-c1ccccc1. The molecule has 0 atom stereocenters. The lowest BCUT2D eigenvalue weighted by molar-refractivity contribution is -0.112. The van der Waals surface area contributed by atoms with Crippen molar-refractivity contribution in [3.8, 4) is 22.5 Å². The minimum absolute atomic E-state index is 0.0829. The van der Waals surface area contributed by atoms with Crippen LogP contribution in [0.1, 0.15) is 22.3 Å². The van der Waals surface area contributed by atoms with E-state index in [2.05, 4.69) is 20.8 Å². The molecule has 2 N–H and O–H groups in total. The molecule has 4 aromatic carbocycles. The fraction of sp³-hybridized carbons (Fsp3) is 0.100. The Labute approximate surface area is 302 Å². The quantitative estimate of drug-likeness (QED) is 0.0867. The van der Waals surface area contributed by atoms with E-state index in [9.17, 15) is 14.2 Å². The molecule has 6 aromatic rings. The molecule has 0 aliphatic carbocycles. The molecular weight excluding hydrogens is 675 g/mol. The van der Waals surface area contributed by atoms with Crippen molar-refractivity contribution in [2.75, 3.05) is 10.6 Å². The molecule has 6 rings (SSSR count). The molecule has 0 radical (unpaired) electrons. The summed E-state index contributed by atoms with van der Waals surface area (Å²) in [7, 11) is 0.954. The van der Waals surface area contributed by atoms with E-state index in [1.165, 1.54) is 12.2 Å². The molecule has 52 heavy (non-hydrogen) atoms. The first-order valence-corrected chi connectivity index (χ1v) is 17.7. The molecule has 2 heterocycles. The summed E-state index contributed by atoms with van der Waals surface area (Å²) in [6.07, 6.45) is 9.86. The van der Waals surface area contributed by atoms with E-state index in [0.29, 0.717) is 11.4 Å². The number of carbonyl (C=O) groups excluding carboxylic acids is 2. The minimum Gasteiger partial charge on any atom is -0.323 e. The van der Waals surface area contributed by atoms with E-state index in [-0.39, 0.29) is 25.0 Å². The number of benzene rings is 4. The van der Waals surface area contributed by atoms with Crippen molar-refractivity contribution >= 4 is 43.6 Å². The number of hydrogen-bond donors (Lipinski definition) is 2. The number of carbonyl (C=O) groups is 2. The number of rotatable bonds is 14. The molecular formula is C40H37N6O5P. The zero-order chi connectivity index (χ0) is 36.3. The van der Waals surface area contributed by atoms with Gasteiger partial charge in [0.25, 0.3) is 0 Å². The summed E-state index contributed by atoms with van der Waals surface area (Å²) in [4.78, 5) is 25.2. The number of amides is 2. The van der Waals surface area contributed by atoms with Crippen LogP contribution in [-0.4, -0.2) is 31.4 Å². The van der Waals surface area contributed by atoms with Crippen LogP contribution in [0.5, 0.6) is 0 Å². The molecule has 262 valence electrons. The Morgan fingerprint density at radius 1 is 0.615 bits per heavy atom. The van der Waals surface area contributed by atoms with Gasteiger partial charge in [-0.3, -0.25) is 23.5 Å². The highest BCUT2D eigenvalue weighted by Gasteiger charge is 2.11. The summed E-state index contributed by atoms with van der Waals surface area (Å²) in [5.74, 6) is -0.563. The van der Waals surface area contributed by atoms with Gasteiger partial charge in [0.15, 0.2) is 0 Å². The van der Waals surface area contributed by atoms with E-state index in [1.807, 2.05) is 74.8 Å². The summed E-state index contributed by atoms with van der Waals surface area (Å²) in [5, 5.41) is 14.3. The van der Waals surface area contributed by atoms with Crippen LogP contribution in [0.2, 0.25) is 0 Å². The van der Waals surface area contributed by atoms with Gasteiger partial charge >= 0.3 is 8.25 Å². The van der Waals surface area contributed by atoms with Crippen LogP contribution in [-0.2, 0) is 50.5 Å². The predicted octanol–water partition coefficient (Wildman–Crippen LogP) is 7.91. The van der Waals surface area contributed by atoms with Crippen molar-refractivity contribution in [2.45, 2.75) is 13.2 Å². The first-order chi connectivity index (χ1) is 25.3. The van der Waals surface area contributed by atoms with Crippen molar-refractivity contribution in [1.29, 1.82) is 0 Å². The van der Waals surface area contributed by atoms with Gasteiger partial charge in [-0.2, -0.15) is 10.2 Å². The van der Waals surface area contributed by atoms with Crippen molar-refractivity contribution < 1.29 is 23.2 Å². The van der Waals surface area contributed by atoms with Crippen molar-refractivity contribution in [3.05, 3.63) is 156 Å². The van der Waals surface area contributed by atoms with Gasteiger partial charge in [-0.25, -0.2) is 0 Å². The number of hydrogen-bond acceptors (Lipinski definition) is 7. The van der Waals surface area contributed by atoms with Crippen LogP contribution < -0.4 is 10.6 Å². The maximum absolute atomic E-state index is 12.6. The zero-order valence-electron chi connectivity index (χ0n) is 28.6.